The van der Waals surface area contributed by atoms with Gasteiger partial charge < -0.3 is 10.1 Å². The Labute approximate surface area is 113 Å². The summed E-state index contributed by atoms with van der Waals surface area (Å²) in [6.45, 7) is 0.860. The Kier molecular flexibility index (Phi) is 3.85. The lowest BCUT2D eigenvalue weighted by atomic mass is 10.4. The molecule has 0 atom stereocenters. The van der Waals surface area contributed by atoms with E-state index in [-0.39, 0.29) is 5.15 Å². The van der Waals surface area contributed by atoms with Crippen LogP contribution in [0.2, 0.25) is 5.15 Å². The van der Waals surface area contributed by atoms with Gasteiger partial charge in [-0.1, -0.05) is 22.9 Å². The number of hydrogen-bond acceptors (Lipinski definition) is 6. The summed E-state index contributed by atoms with van der Waals surface area (Å²) >= 11 is 8.97. The monoisotopic (exact) mass is 292 g/mol. The smallest absolute Gasteiger partial charge is 0.351 e. The molecule has 1 aromatic rings. The van der Waals surface area contributed by atoms with Gasteiger partial charge in [0.05, 0.1) is 7.11 Å². The number of aromatic nitrogens is 1. The first-order valence-corrected chi connectivity index (χ1v) is 7.56. The quantitative estimate of drug-likeness (QED) is 0.846. The number of thioether (sulfide) groups is 1. The number of thiazole rings is 1. The van der Waals surface area contributed by atoms with Gasteiger partial charge in [0, 0.05) is 11.3 Å². The summed E-state index contributed by atoms with van der Waals surface area (Å²) in [5.74, 6) is -0.438. The van der Waals surface area contributed by atoms with Crippen molar-refractivity contribution in [1.82, 2.24) is 4.98 Å². The van der Waals surface area contributed by atoms with Crippen LogP contribution in [0.5, 0.6) is 0 Å². The number of carbonyl (C=O) groups is 1. The number of hydrogen-bond donors (Lipinski definition) is 1. The van der Waals surface area contributed by atoms with Crippen LogP contribution in [0, 0.1) is 0 Å². The van der Waals surface area contributed by atoms with Gasteiger partial charge in [-0.25, -0.2) is 9.78 Å². The summed E-state index contributed by atoms with van der Waals surface area (Å²) < 4.78 is 4.98. The molecule has 0 unspecified atom stereocenters. The molecule has 1 heterocycles. The van der Waals surface area contributed by atoms with Crippen LogP contribution in [0.3, 0.4) is 0 Å². The zero-order valence-electron chi connectivity index (χ0n) is 9.58. The molecule has 17 heavy (non-hydrogen) atoms. The molecular weight excluding hydrogens is 280 g/mol. The second-order valence-electron chi connectivity index (χ2n) is 3.87. The fraction of sp³-hybridized carbons (Fsp3) is 0.600. The normalized spacial score (nSPS) is 16.6. The first kappa shape index (κ1) is 13.0. The van der Waals surface area contributed by atoms with Crippen molar-refractivity contribution in [1.29, 1.82) is 0 Å². The maximum atomic E-state index is 11.3. The van der Waals surface area contributed by atoms with Crippen LogP contribution < -0.4 is 5.32 Å². The van der Waals surface area contributed by atoms with E-state index >= 15 is 0 Å². The van der Waals surface area contributed by atoms with Gasteiger partial charge in [-0.15, -0.1) is 0 Å². The summed E-state index contributed by atoms with van der Waals surface area (Å²) in [5.41, 5.74) is 0. The number of carbonyl (C=O) groups excluding carboxylic acids is 1. The predicted octanol–water partition coefficient (Wildman–Crippen LogP) is 2.89. The van der Waals surface area contributed by atoms with E-state index in [9.17, 15) is 4.79 Å². The lowest BCUT2D eigenvalue weighted by Gasteiger charge is -2.11. The minimum Gasteiger partial charge on any atom is -0.465 e. The van der Waals surface area contributed by atoms with Crippen molar-refractivity contribution < 1.29 is 9.53 Å². The Balaban J connectivity index is 2.00. The van der Waals surface area contributed by atoms with Gasteiger partial charge in [0.1, 0.15) is 0 Å². The van der Waals surface area contributed by atoms with Gasteiger partial charge >= 0.3 is 5.97 Å². The molecule has 0 radical (unpaired) electrons. The van der Waals surface area contributed by atoms with Crippen molar-refractivity contribution in [2.24, 2.45) is 0 Å². The molecule has 0 aliphatic heterocycles. The second kappa shape index (κ2) is 5.04. The highest BCUT2D eigenvalue weighted by atomic mass is 35.5. The fourth-order valence-corrected chi connectivity index (χ4v) is 3.25. The predicted molar refractivity (Wildman–Crippen MR) is 72.4 cm³/mol. The van der Waals surface area contributed by atoms with Gasteiger partial charge in [-0.05, 0) is 19.1 Å². The van der Waals surface area contributed by atoms with Crippen molar-refractivity contribution in [2.75, 3.05) is 25.2 Å². The van der Waals surface area contributed by atoms with E-state index in [4.69, 9.17) is 11.6 Å². The molecule has 0 saturated heterocycles. The number of methoxy groups -OCH3 is 1. The van der Waals surface area contributed by atoms with Crippen molar-refractivity contribution in [3.05, 3.63) is 10.0 Å². The maximum Gasteiger partial charge on any atom is 0.351 e. The summed E-state index contributed by atoms with van der Waals surface area (Å²) in [4.78, 5) is 15.8. The fourth-order valence-electron chi connectivity index (χ4n) is 1.42. The van der Waals surface area contributed by atoms with Crippen LogP contribution in [-0.4, -0.2) is 35.6 Å². The van der Waals surface area contributed by atoms with E-state index in [1.807, 2.05) is 11.8 Å². The average molecular weight is 293 g/mol. The van der Waals surface area contributed by atoms with E-state index in [1.165, 1.54) is 31.3 Å². The summed E-state index contributed by atoms with van der Waals surface area (Å²) in [6.07, 6.45) is 4.57. The van der Waals surface area contributed by atoms with Gasteiger partial charge in [-0.2, -0.15) is 11.8 Å². The highest BCUT2D eigenvalue weighted by Gasteiger charge is 2.41. The molecular formula is C10H13ClN2O2S2. The lowest BCUT2D eigenvalue weighted by Crippen LogP contribution is -2.17. The maximum absolute atomic E-state index is 11.3. The molecule has 94 valence electrons. The molecule has 1 aliphatic carbocycles. The third-order valence-corrected chi connectivity index (χ3v) is 5.56. The number of esters is 1. The number of anilines is 1. The Morgan fingerprint density at radius 1 is 1.71 bits per heavy atom. The number of nitrogens with zero attached hydrogens (tertiary/aromatic N) is 1. The highest BCUT2D eigenvalue weighted by molar-refractivity contribution is 8.00. The first-order valence-electron chi connectivity index (χ1n) is 5.14. The van der Waals surface area contributed by atoms with E-state index in [0.29, 0.717) is 14.8 Å². The van der Waals surface area contributed by atoms with Gasteiger partial charge in [0.15, 0.2) is 15.2 Å². The largest absolute Gasteiger partial charge is 0.465 e. The molecule has 1 aliphatic rings. The van der Waals surface area contributed by atoms with E-state index in [2.05, 4.69) is 21.3 Å². The Morgan fingerprint density at radius 2 is 2.41 bits per heavy atom. The Morgan fingerprint density at radius 3 is 2.94 bits per heavy atom. The molecule has 1 fully saturated rings. The third kappa shape index (κ3) is 2.86. The van der Waals surface area contributed by atoms with Crippen molar-refractivity contribution in [2.45, 2.75) is 17.6 Å². The highest BCUT2D eigenvalue weighted by Crippen LogP contribution is 2.47. The minimum atomic E-state index is -0.438. The summed E-state index contributed by atoms with van der Waals surface area (Å²) in [7, 11) is 1.33. The average Bonchev–Trinajstić information content (AvgIpc) is 3.03. The van der Waals surface area contributed by atoms with E-state index < -0.39 is 5.97 Å². The number of ether oxygens (including phenoxy) is 1. The number of halogens is 1. The molecule has 7 heteroatoms. The number of nitrogens with one attached hydrogen (secondary N) is 1. The van der Waals surface area contributed by atoms with Crippen molar-refractivity contribution >= 4 is 45.8 Å². The van der Waals surface area contributed by atoms with E-state index in [0.717, 1.165) is 6.54 Å². The van der Waals surface area contributed by atoms with Gasteiger partial charge in [-0.3, -0.25) is 0 Å². The lowest BCUT2D eigenvalue weighted by molar-refractivity contribution is 0.0606. The summed E-state index contributed by atoms with van der Waals surface area (Å²) in [5, 5.41) is 4.12. The standard InChI is InChI=1S/C10H13ClN2O2S2/c1-15-8(14)6-7(11)13-9(17-6)12-5-10(16-2)3-4-10/h3-5H2,1-2H3,(H,12,13). The van der Waals surface area contributed by atoms with E-state index in [1.54, 1.807) is 0 Å². The molecule has 1 aromatic heterocycles. The molecule has 4 nitrogen and oxygen atoms in total. The Hall–Kier alpha value is -0.460. The van der Waals surface area contributed by atoms with Crippen LogP contribution in [-0.2, 0) is 4.74 Å². The van der Waals surface area contributed by atoms with Crippen LogP contribution in [0.25, 0.3) is 0 Å². The van der Waals surface area contributed by atoms with Crippen LogP contribution in [0.4, 0.5) is 5.13 Å². The van der Waals surface area contributed by atoms with Crippen molar-refractivity contribution in [3.8, 4) is 0 Å². The van der Waals surface area contributed by atoms with Crippen LogP contribution >= 0.6 is 34.7 Å². The SMILES string of the molecule is COC(=O)c1sc(NCC2(SC)CC2)nc1Cl. The van der Waals surface area contributed by atoms with Gasteiger partial charge in [0.2, 0.25) is 0 Å². The summed E-state index contributed by atoms with van der Waals surface area (Å²) in [6, 6.07) is 0. The minimum absolute atomic E-state index is 0.207. The molecule has 1 N–H and O–H groups in total. The zero-order chi connectivity index (χ0) is 12.5. The Bertz CT molecular complexity index is 432. The third-order valence-electron chi connectivity index (χ3n) is 2.76. The molecule has 1 saturated carbocycles. The van der Waals surface area contributed by atoms with Gasteiger partial charge in [0.25, 0.3) is 0 Å². The molecule has 0 amide bonds. The topological polar surface area (TPSA) is 51.2 Å². The zero-order valence-corrected chi connectivity index (χ0v) is 12.0. The molecule has 0 bridgehead atoms. The van der Waals surface area contributed by atoms with Crippen LogP contribution in [0.1, 0.15) is 22.5 Å². The molecule has 0 spiro atoms. The number of rotatable bonds is 5. The second-order valence-corrected chi connectivity index (χ2v) is 6.50. The molecule has 0 aromatic carbocycles. The van der Waals surface area contributed by atoms with Crippen molar-refractivity contribution in [3.63, 3.8) is 0 Å². The first-order chi connectivity index (χ1) is 8.10. The molecule has 2 rings (SSSR count). The van der Waals surface area contributed by atoms with Crippen LogP contribution in [0.15, 0.2) is 0 Å².